The summed E-state index contributed by atoms with van der Waals surface area (Å²) in [4.78, 5) is 16.5. The molecule has 0 unspecified atom stereocenters. The Labute approximate surface area is 165 Å². The molecule has 1 atom stereocenters. The van der Waals surface area contributed by atoms with Crippen molar-refractivity contribution in [2.75, 3.05) is 18.4 Å². The number of carbonyl (C=O) groups excluding carboxylic acids is 1. The number of rotatable bonds is 9. The molecule has 0 saturated carbocycles. The van der Waals surface area contributed by atoms with Crippen molar-refractivity contribution in [3.05, 3.63) is 95.8 Å². The summed E-state index contributed by atoms with van der Waals surface area (Å²) in [7, 11) is 0. The van der Waals surface area contributed by atoms with E-state index in [1.807, 2.05) is 66.7 Å². The zero-order valence-electron chi connectivity index (χ0n) is 15.7. The van der Waals surface area contributed by atoms with Crippen molar-refractivity contribution in [2.45, 2.75) is 18.9 Å². The molecule has 1 aromatic heterocycles. The summed E-state index contributed by atoms with van der Waals surface area (Å²) in [6.07, 6.45) is 4.00. The van der Waals surface area contributed by atoms with Crippen LogP contribution >= 0.6 is 0 Å². The number of hydrogen-bond donors (Lipinski definition) is 3. The molecule has 0 bridgehead atoms. The SMILES string of the molecule is O=C(Cc1cnccc1CCNC[C@H](O)c1ccccc1)Nc1ccccc1. The van der Waals surface area contributed by atoms with Crippen molar-refractivity contribution in [1.82, 2.24) is 10.3 Å². The molecule has 0 aliphatic heterocycles. The summed E-state index contributed by atoms with van der Waals surface area (Å²) in [6, 6.07) is 21.0. The lowest BCUT2D eigenvalue weighted by Crippen LogP contribution is -2.24. The Bertz CT molecular complexity index is 869. The Hall–Kier alpha value is -3.02. The molecule has 0 spiro atoms. The number of para-hydroxylation sites is 1. The first-order valence-electron chi connectivity index (χ1n) is 9.43. The summed E-state index contributed by atoms with van der Waals surface area (Å²) >= 11 is 0. The minimum absolute atomic E-state index is 0.0621. The van der Waals surface area contributed by atoms with Crippen LogP contribution in [0.5, 0.6) is 0 Å². The van der Waals surface area contributed by atoms with Crippen molar-refractivity contribution in [3.63, 3.8) is 0 Å². The standard InChI is InChI=1S/C23H25N3O2/c27-22(19-7-3-1-4-8-19)17-25-14-12-18-11-13-24-16-20(18)15-23(28)26-21-9-5-2-6-10-21/h1-11,13,16,22,25,27H,12,14-15,17H2,(H,26,28)/t22-/m0/s1. The van der Waals surface area contributed by atoms with E-state index in [9.17, 15) is 9.90 Å². The molecule has 0 radical (unpaired) electrons. The molecule has 1 heterocycles. The van der Waals surface area contributed by atoms with Gasteiger partial charge in [-0.15, -0.1) is 0 Å². The van der Waals surface area contributed by atoms with E-state index in [2.05, 4.69) is 15.6 Å². The smallest absolute Gasteiger partial charge is 0.228 e. The van der Waals surface area contributed by atoms with Gasteiger partial charge in [0.1, 0.15) is 0 Å². The molecule has 144 valence electrons. The van der Waals surface area contributed by atoms with Gasteiger partial charge in [0, 0.05) is 24.6 Å². The zero-order chi connectivity index (χ0) is 19.6. The summed E-state index contributed by atoms with van der Waals surface area (Å²) in [6.45, 7) is 1.19. The van der Waals surface area contributed by atoms with Crippen LogP contribution in [-0.2, 0) is 17.6 Å². The molecule has 0 saturated heterocycles. The number of aliphatic hydroxyl groups excluding tert-OH is 1. The third-order valence-corrected chi connectivity index (χ3v) is 4.51. The van der Waals surface area contributed by atoms with Crippen molar-refractivity contribution in [2.24, 2.45) is 0 Å². The second kappa shape index (κ2) is 10.3. The minimum Gasteiger partial charge on any atom is -0.387 e. The van der Waals surface area contributed by atoms with Gasteiger partial charge >= 0.3 is 0 Å². The van der Waals surface area contributed by atoms with Gasteiger partial charge in [0.15, 0.2) is 0 Å². The number of carbonyl (C=O) groups is 1. The second-order valence-corrected chi connectivity index (χ2v) is 6.62. The topological polar surface area (TPSA) is 74.2 Å². The molecule has 28 heavy (non-hydrogen) atoms. The maximum Gasteiger partial charge on any atom is 0.228 e. The first kappa shape index (κ1) is 19.7. The quantitative estimate of drug-likeness (QED) is 0.503. The highest BCUT2D eigenvalue weighted by Gasteiger charge is 2.10. The number of amides is 1. The van der Waals surface area contributed by atoms with E-state index in [0.29, 0.717) is 13.1 Å². The van der Waals surface area contributed by atoms with Crippen molar-refractivity contribution in [1.29, 1.82) is 0 Å². The van der Waals surface area contributed by atoms with Gasteiger partial charge in [-0.05, 0) is 47.9 Å². The molecular formula is C23H25N3O2. The number of aliphatic hydroxyl groups is 1. The van der Waals surface area contributed by atoms with Gasteiger partial charge in [0.25, 0.3) is 0 Å². The number of anilines is 1. The summed E-state index contributed by atoms with van der Waals surface area (Å²) in [5, 5.41) is 16.4. The number of hydrogen-bond acceptors (Lipinski definition) is 4. The number of aromatic nitrogens is 1. The summed E-state index contributed by atoms with van der Waals surface area (Å²) in [5.41, 5.74) is 3.69. The lowest BCUT2D eigenvalue weighted by atomic mass is 10.0. The Kier molecular flexibility index (Phi) is 7.29. The molecule has 5 nitrogen and oxygen atoms in total. The summed E-state index contributed by atoms with van der Waals surface area (Å²) in [5.74, 6) is -0.0621. The molecule has 0 aliphatic rings. The van der Waals surface area contributed by atoms with Crippen LogP contribution in [-0.4, -0.2) is 29.1 Å². The van der Waals surface area contributed by atoms with Gasteiger partial charge in [-0.25, -0.2) is 0 Å². The van der Waals surface area contributed by atoms with Crippen LogP contribution in [0.1, 0.15) is 22.8 Å². The van der Waals surface area contributed by atoms with Crippen LogP contribution in [0.3, 0.4) is 0 Å². The van der Waals surface area contributed by atoms with E-state index >= 15 is 0 Å². The van der Waals surface area contributed by atoms with E-state index in [1.54, 1.807) is 12.4 Å². The first-order chi connectivity index (χ1) is 13.7. The second-order valence-electron chi connectivity index (χ2n) is 6.62. The van der Waals surface area contributed by atoms with Gasteiger partial charge in [0.05, 0.1) is 12.5 Å². The highest BCUT2D eigenvalue weighted by molar-refractivity contribution is 5.92. The third kappa shape index (κ3) is 6.01. The van der Waals surface area contributed by atoms with Crippen LogP contribution in [0.25, 0.3) is 0 Å². The molecule has 0 aliphatic carbocycles. The van der Waals surface area contributed by atoms with Crippen LogP contribution in [0.2, 0.25) is 0 Å². The van der Waals surface area contributed by atoms with Gasteiger partial charge in [-0.2, -0.15) is 0 Å². The molecule has 3 N–H and O–H groups in total. The fourth-order valence-electron chi connectivity index (χ4n) is 3.01. The molecule has 3 aromatic rings. The molecule has 2 aromatic carbocycles. The number of nitrogens with one attached hydrogen (secondary N) is 2. The van der Waals surface area contributed by atoms with Gasteiger partial charge in [-0.3, -0.25) is 9.78 Å². The lowest BCUT2D eigenvalue weighted by molar-refractivity contribution is -0.115. The predicted octanol–water partition coefficient (Wildman–Crippen LogP) is 3.13. The fraction of sp³-hybridized carbons (Fsp3) is 0.217. The van der Waals surface area contributed by atoms with Crippen LogP contribution in [0.15, 0.2) is 79.1 Å². The molecular weight excluding hydrogens is 350 g/mol. The monoisotopic (exact) mass is 375 g/mol. The highest BCUT2D eigenvalue weighted by Crippen LogP contribution is 2.12. The summed E-state index contributed by atoms with van der Waals surface area (Å²) < 4.78 is 0. The van der Waals surface area contributed by atoms with E-state index < -0.39 is 6.10 Å². The maximum absolute atomic E-state index is 12.3. The number of nitrogens with zero attached hydrogens (tertiary/aromatic N) is 1. The number of benzene rings is 2. The molecule has 3 rings (SSSR count). The molecule has 5 heteroatoms. The molecule has 1 amide bonds. The van der Waals surface area contributed by atoms with Gasteiger partial charge in [0.2, 0.25) is 5.91 Å². The Morgan fingerprint density at radius 1 is 0.964 bits per heavy atom. The Morgan fingerprint density at radius 3 is 2.43 bits per heavy atom. The van der Waals surface area contributed by atoms with Crippen LogP contribution < -0.4 is 10.6 Å². The van der Waals surface area contributed by atoms with E-state index in [-0.39, 0.29) is 12.3 Å². The maximum atomic E-state index is 12.3. The van der Waals surface area contributed by atoms with E-state index in [4.69, 9.17) is 0 Å². The fourth-order valence-corrected chi connectivity index (χ4v) is 3.01. The zero-order valence-corrected chi connectivity index (χ0v) is 15.7. The average molecular weight is 375 g/mol. The van der Waals surface area contributed by atoms with Crippen LogP contribution in [0.4, 0.5) is 5.69 Å². The average Bonchev–Trinajstić information content (AvgIpc) is 2.73. The van der Waals surface area contributed by atoms with Crippen molar-refractivity contribution >= 4 is 11.6 Å². The highest BCUT2D eigenvalue weighted by atomic mass is 16.3. The third-order valence-electron chi connectivity index (χ3n) is 4.51. The van der Waals surface area contributed by atoms with Crippen molar-refractivity contribution in [3.8, 4) is 0 Å². The van der Waals surface area contributed by atoms with E-state index in [1.165, 1.54) is 0 Å². The van der Waals surface area contributed by atoms with Crippen LogP contribution in [0, 0.1) is 0 Å². The largest absolute Gasteiger partial charge is 0.387 e. The minimum atomic E-state index is -0.533. The Morgan fingerprint density at radius 2 is 1.68 bits per heavy atom. The van der Waals surface area contributed by atoms with Gasteiger partial charge in [-0.1, -0.05) is 48.5 Å². The normalized spacial score (nSPS) is 11.8. The number of pyridine rings is 1. The Balaban J connectivity index is 1.49. The van der Waals surface area contributed by atoms with Crippen molar-refractivity contribution < 1.29 is 9.90 Å². The lowest BCUT2D eigenvalue weighted by Gasteiger charge is -2.13. The predicted molar refractivity (Wildman–Crippen MR) is 111 cm³/mol. The van der Waals surface area contributed by atoms with Gasteiger partial charge < -0.3 is 15.7 Å². The molecule has 0 fully saturated rings. The van der Waals surface area contributed by atoms with E-state index in [0.717, 1.165) is 28.8 Å². The first-order valence-corrected chi connectivity index (χ1v) is 9.43.